The van der Waals surface area contributed by atoms with Gasteiger partial charge in [0, 0.05) is 37.3 Å². The zero-order valence-electron chi connectivity index (χ0n) is 19.1. The van der Waals surface area contributed by atoms with Crippen molar-refractivity contribution < 1.29 is 38.5 Å². The molecule has 0 saturated heterocycles. The van der Waals surface area contributed by atoms with Crippen molar-refractivity contribution in [1.82, 2.24) is 0 Å². The second kappa shape index (κ2) is 11.1. The largest absolute Gasteiger partial charge is 0.478 e. The van der Waals surface area contributed by atoms with Gasteiger partial charge in [-0.05, 0) is 31.6 Å². The van der Waals surface area contributed by atoms with Crippen LogP contribution < -0.4 is 0 Å². The third-order valence-corrected chi connectivity index (χ3v) is 5.59. The smallest absolute Gasteiger partial charge is 0.331 e. The molecule has 176 valence electrons. The number of fused-ring (bicyclic) bond motifs is 1. The Hall–Kier alpha value is -2.90. The zero-order valence-corrected chi connectivity index (χ0v) is 19.1. The van der Waals surface area contributed by atoms with E-state index in [9.17, 15) is 24.3 Å². The topological polar surface area (TPSA) is 116 Å². The third kappa shape index (κ3) is 6.55. The number of allylic oxidation sites excluding steroid dienone is 1. The fraction of sp³-hybridized carbons (Fsp3) is 0.583. The molecule has 8 nitrogen and oxygen atoms in total. The van der Waals surface area contributed by atoms with Crippen LogP contribution in [-0.2, 0) is 33.4 Å². The van der Waals surface area contributed by atoms with Crippen molar-refractivity contribution in [1.29, 1.82) is 0 Å². The Morgan fingerprint density at radius 3 is 2.44 bits per heavy atom. The standard InChI is InChI=1S/C24H32O8/c1-13(2)11-20(27)22(31-15(4)25)19-12-30-24(32-16(5)26)21-14(3)7-6-8-17(23(28)29)9-10-18(19)21/h8,12-13,18,21-22,24H,3,6-7,9-11H2,1-2,4-5H3,(H,28,29)/b17-8-. The molecule has 1 aliphatic carbocycles. The summed E-state index contributed by atoms with van der Waals surface area (Å²) >= 11 is 0. The number of Topliss-reactive ketones (excluding diaryl/α,β-unsaturated/α-hetero) is 1. The molecular formula is C24H32O8. The number of ether oxygens (including phenoxy) is 3. The highest BCUT2D eigenvalue weighted by molar-refractivity contribution is 5.88. The molecule has 0 amide bonds. The van der Waals surface area contributed by atoms with Crippen molar-refractivity contribution in [3.63, 3.8) is 0 Å². The molecule has 0 bridgehead atoms. The first-order valence-electron chi connectivity index (χ1n) is 10.8. The molecule has 1 N–H and O–H groups in total. The number of carboxylic acid groups (broad SMARTS) is 1. The SMILES string of the molecule is C=C1CC/C=C(\C(=O)O)CCC2C(C(OC(C)=O)C(=O)CC(C)C)=COC(OC(C)=O)C12. The highest BCUT2D eigenvalue weighted by Gasteiger charge is 2.45. The lowest BCUT2D eigenvalue weighted by atomic mass is 9.74. The average Bonchev–Trinajstić information content (AvgIpc) is 2.75. The van der Waals surface area contributed by atoms with Gasteiger partial charge in [-0.15, -0.1) is 0 Å². The molecule has 1 heterocycles. The van der Waals surface area contributed by atoms with Crippen molar-refractivity contribution in [2.75, 3.05) is 0 Å². The van der Waals surface area contributed by atoms with E-state index in [1.807, 2.05) is 13.8 Å². The summed E-state index contributed by atoms with van der Waals surface area (Å²) in [6.07, 6.45) is 2.57. The highest BCUT2D eigenvalue weighted by atomic mass is 16.7. The fourth-order valence-electron chi connectivity index (χ4n) is 4.26. The Kier molecular flexibility index (Phi) is 8.80. The van der Waals surface area contributed by atoms with Crippen LogP contribution in [0.4, 0.5) is 0 Å². The van der Waals surface area contributed by atoms with Crippen LogP contribution in [0.15, 0.2) is 35.6 Å². The summed E-state index contributed by atoms with van der Waals surface area (Å²) in [6, 6.07) is 0. The van der Waals surface area contributed by atoms with Gasteiger partial charge in [-0.2, -0.15) is 0 Å². The molecule has 0 aromatic carbocycles. The quantitative estimate of drug-likeness (QED) is 0.463. The summed E-state index contributed by atoms with van der Waals surface area (Å²) in [7, 11) is 0. The maximum atomic E-state index is 13.0. The number of carbonyl (C=O) groups is 4. The number of esters is 2. The molecule has 0 aromatic heterocycles. The van der Waals surface area contributed by atoms with E-state index in [1.165, 1.54) is 20.1 Å². The molecule has 8 heteroatoms. The van der Waals surface area contributed by atoms with E-state index in [1.54, 1.807) is 6.08 Å². The van der Waals surface area contributed by atoms with E-state index in [4.69, 9.17) is 14.2 Å². The molecule has 2 aliphatic rings. The Morgan fingerprint density at radius 1 is 1.19 bits per heavy atom. The highest BCUT2D eigenvalue weighted by Crippen LogP contribution is 2.43. The van der Waals surface area contributed by atoms with Crippen LogP contribution >= 0.6 is 0 Å². The number of hydrogen-bond acceptors (Lipinski definition) is 7. The summed E-state index contributed by atoms with van der Waals surface area (Å²) in [6.45, 7) is 10.4. The molecule has 2 rings (SSSR count). The lowest BCUT2D eigenvalue weighted by Gasteiger charge is -2.40. The summed E-state index contributed by atoms with van der Waals surface area (Å²) in [4.78, 5) is 48.2. The number of ketones is 1. The fourth-order valence-corrected chi connectivity index (χ4v) is 4.26. The van der Waals surface area contributed by atoms with Crippen molar-refractivity contribution in [3.8, 4) is 0 Å². The lowest BCUT2D eigenvalue weighted by Crippen LogP contribution is -2.43. The first-order chi connectivity index (χ1) is 15.0. The Balaban J connectivity index is 2.52. The Morgan fingerprint density at radius 2 is 1.88 bits per heavy atom. The molecule has 0 fully saturated rings. The molecule has 0 spiro atoms. The second-order valence-corrected chi connectivity index (χ2v) is 8.69. The van der Waals surface area contributed by atoms with Crippen molar-refractivity contribution in [3.05, 3.63) is 35.6 Å². The van der Waals surface area contributed by atoms with Crippen LogP contribution in [0.1, 0.15) is 59.8 Å². The second-order valence-electron chi connectivity index (χ2n) is 8.69. The molecule has 32 heavy (non-hydrogen) atoms. The minimum Gasteiger partial charge on any atom is -0.478 e. The van der Waals surface area contributed by atoms with E-state index in [2.05, 4.69) is 6.58 Å². The van der Waals surface area contributed by atoms with Gasteiger partial charge in [0.2, 0.25) is 6.29 Å². The van der Waals surface area contributed by atoms with Gasteiger partial charge in [0.25, 0.3) is 0 Å². The predicted molar refractivity (Wildman–Crippen MR) is 115 cm³/mol. The summed E-state index contributed by atoms with van der Waals surface area (Å²) in [5.74, 6) is -3.33. The number of rotatable bonds is 7. The predicted octanol–water partition coefficient (Wildman–Crippen LogP) is 3.71. The van der Waals surface area contributed by atoms with Crippen LogP contribution in [0.5, 0.6) is 0 Å². The van der Waals surface area contributed by atoms with Crippen LogP contribution in [-0.4, -0.2) is 41.2 Å². The van der Waals surface area contributed by atoms with E-state index < -0.39 is 42.1 Å². The maximum Gasteiger partial charge on any atom is 0.331 e. The molecular weight excluding hydrogens is 416 g/mol. The molecule has 4 unspecified atom stereocenters. The summed E-state index contributed by atoms with van der Waals surface area (Å²) in [5, 5.41) is 9.54. The van der Waals surface area contributed by atoms with Crippen LogP contribution in [0.25, 0.3) is 0 Å². The summed E-state index contributed by atoms with van der Waals surface area (Å²) < 4.78 is 16.5. The van der Waals surface area contributed by atoms with Gasteiger partial charge in [0.1, 0.15) is 0 Å². The summed E-state index contributed by atoms with van der Waals surface area (Å²) in [5.41, 5.74) is 1.42. The minimum atomic E-state index is -1.16. The molecule has 4 atom stereocenters. The number of hydrogen-bond donors (Lipinski definition) is 1. The van der Waals surface area contributed by atoms with E-state index >= 15 is 0 Å². The van der Waals surface area contributed by atoms with Gasteiger partial charge in [0.15, 0.2) is 11.9 Å². The number of carboxylic acids is 1. The Labute approximate surface area is 188 Å². The van der Waals surface area contributed by atoms with Gasteiger partial charge < -0.3 is 19.3 Å². The van der Waals surface area contributed by atoms with Crippen LogP contribution in [0, 0.1) is 17.8 Å². The first kappa shape index (κ1) is 25.4. The monoisotopic (exact) mass is 448 g/mol. The lowest BCUT2D eigenvalue weighted by molar-refractivity contribution is -0.181. The van der Waals surface area contributed by atoms with E-state index in [0.29, 0.717) is 30.4 Å². The van der Waals surface area contributed by atoms with E-state index in [-0.39, 0.29) is 30.1 Å². The van der Waals surface area contributed by atoms with Crippen molar-refractivity contribution >= 4 is 23.7 Å². The van der Waals surface area contributed by atoms with Gasteiger partial charge >= 0.3 is 17.9 Å². The average molecular weight is 449 g/mol. The third-order valence-electron chi connectivity index (χ3n) is 5.59. The van der Waals surface area contributed by atoms with Crippen molar-refractivity contribution in [2.45, 2.75) is 72.2 Å². The molecule has 0 aromatic rings. The first-order valence-corrected chi connectivity index (χ1v) is 10.8. The van der Waals surface area contributed by atoms with Gasteiger partial charge in [0.05, 0.1) is 12.2 Å². The zero-order chi connectivity index (χ0) is 24.0. The molecule has 1 aliphatic heterocycles. The normalized spacial score (nSPS) is 26.0. The maximum absolute atomic E-state index is 13.0. The van der Waals surface area contributed by atoms with Gasteiger partial charge in [-0.25, -0.2) is 4.79 Å². The molecule has 0 saturated carbocycles. The van der Waals surface area contributed by atoms with Crippen LogP contribution in [0.3, 0.4) is 0 Å². The minimum absolute atomic E-state index is 0.0484. The van der Waals surface area contributed by atoms with Gasteiger partial charge in [-0.3, -0.25) is 14.4 Å². The van der Waals surface area contributed by atoms with Gasteiger partial charge in [-0.1, -0.05) is 32.1 Å². The number of carbonyl (C=O) groups excluding carboxylic acids is 3. The molecule has 0 radical (unpaired) electrons. The van der Waals surface area contributed by atoms with Crippen molar-refractivity contribution in [2.24, 2.45) is 17.8 Å². The Bertz CT molecular complexity index is 835. The van der Waals surface area contributed by atoms with E-state index in [0.717, 1.165) is 0 Å². The van der Waals surface area contributed by atoms with Crippen LogP contribution in [0.2, 0.25) is 0 Å². The number of aliphatic carboxylic acids is 1.